The van der Waals surface area contributed by atoms with Crippen LogP contribution < -0.4 is 5.73 Å². The smallest absolute Gasteiger partial charge is 0.179 e. The maximum Gasteiger partial charge on any atom is 0.179 e. The van der Waals surface area contributed by atoms with Crippen LogP contribution in [0.5, 0.6) is 0 Å². The molecule has 2 rings (SSSR count). The number of benzene rings is 1. The molecule has 104 valence electrons. The molecule has 3 heteroatoms. The molecule has 1 aliphatic heterocycles. The van der Waals surface area contributed by atoms with Gasteiger partial charge in [0.15, 0.2) is 5.78 Å². The minimum atomic E-state index is 0.0197. The molecule has 1 aromatic carbocycles. The average molecular weight is 260 g/mol. The van der Waals surface area contributed by atoms with Crippen LogP contribution in [-0.2, 0) is 0 Å². The number of likely N-dealkylation sites (tertiary alicyclic amines) is 1. The number of nitrogens with zero attached hydrogens (tertiary/aromatic N) is 1. The van der Waals surface area contributed by atoms with Gasteiger partial charge >= 0.3 is 0 Å². The Labute approximate surface area is 115 Å². The van der Waals surface area contributed by atoms with Crippen LogP contribution in [0.4, 0.5) is 0 Å². The summed E-state index contributed by atoms with van der Waals surface area (Å²) in [5.74, 6) is 0.260. The predicted molar refractivity (Wildman–Crippen MR) is 78.3 cm³/mol. The van der Waals surface area contributed by atoms with Crippen molar-refractivity contribution in [3.63, 3.8) is 0 Å². The Morgan fingerprint density at radius 1 is 1.16 bits per heavy atom. The monoisotopic (exact) mass is 260 g/mol. The topological polar surface area (TPSA) is 46.3 Å². The number of Topliss-reactive ketones (excluding diaryl/α,β-unsaturated/α-hetero) is 1. The van der Waals surface area contributed by atoms with E-state index in [1.54, 1.807) is 0 Å². The van der Waals surface area contributed by atoms with E-state index in [0.29, 0.717) is 6.54 Å². The van der Waals surface area contributed by atoms with Gasteiger partial charge in [0.2, 0.25) is 0 Å². The fraction of sp³-hybridized carbons (Fsp3) is 0.562. The number of carbonyl (C=O) groups excluding carboxylic acids is 1. The number of piperidine rings is 1. The van der Waals surface area contributed by atoms with Crippen LogP contribution in [-0.4, -0.2) is 36.4 Å². The molecule has 1 atom stereocenters. The maximum atomic E-state index is 12.7. The molecule has 1 aliphatic rings. The van der Waals surface area contributed by atoms with Gasteiger partial charge in [0, 0.05) is 5.56 Å². The zero-order valence-electron chi connectivity index (χ0n) is 11.6. The summed E-state index contributed by atoms with van der Waals surface area (Å²) in [7, 11) is 0. The molecule has 0 aromatic heterocycles. The quantitative estimate of drug-likeness (QED) is 0.799. The summed E-state index contributed by atoms with van der Waals surface area (Å²) in [6, 6.07) is 9.68. The second-order valence-electron chi connectivity index (χ2n) is 5.27. The van der Waals surface area contributed by atoms with Gasteiger partial charge in [-0.2, -0.15) is 0 Å². The largest absolute Gasteiger partial charge is 0.330 e. The van der Waals surface area contributed by atoms with Gasteiger partial charge in [-0.1, -0.05) is 36.8 Å². The fourth-order valence-electron chi connectivity index (χ4n) is 2.82. The van der Waals surface area contributed by atoms with Crippen molar-refractivity contribution in [3.05, 3.63) is 35.9 Å². The summed E-state index contributed by atoms with van der Waals surface area (Å²) in [4.78, 5) is 15.0. The molecular weight excluding hydrogens is 236 g/mol. The zero-order valence-corrected chi connectivity index (χ0v) is 11.6. The lowest BCUT2D eigenvalue weighted by Gasteiger charge is -2.33. The van der Waals surface area contributed by atoms with E-state index in [-0.39, 0.29) is 11.8 Å². The number of ketones is 1. The van der Waals surface area contributed by atoms with E-state index in [2.05, 4.69) is 4.90 Å². The third kappa shape index (κ3) is 3.88. The second kappa shape index (κ2) is 7.41. The Morgan fingerprint density at radius 3 is 2.47 bits per heavy atom. The summed E-state index contributed by atoms with van der Waals surface area (Å²) >= 11 is 0. The SMILES string of the molecule is NCCCC(C(=O)c1ccccc1)N1CCCCC1. The number of hydrogen-bond acceptors (Lipinski definition) is 3. The third-order valence-corrected chi connectivity index (χ3v) is 3.87. The highest BCUT2D eigenvalue weighted by atomic mass is 16.1. The van der Waals surface area contributed by atoms with E-state index in [1.807, 2.05) is 30.3 Å². The van der Waals surface area contributed by atoms with Gasteiger partial charge in [-0.05, 0) is 45.3 Å². The summed E-state index contributed by atoms with van der Waals surface area (Å²) in [5.41, 5.74) is 6.44. The first-order valence-corrected chi connectivity index (χ1v) is 7.36. The van der Waals surface area contributed by atoms with Gasteiger partial charge in [0.1, 0.15) is 0 Å². The first-order valence-electron chi connectivity index (χ1n) is 7.36. The minimum Gasteiger partial charge on any atom is -0.330 e. The Bertz CT molecular complexity index is 385. The Kier molecular flexibility index (Phi) is 5.55. The van der Waals surface area contributed by atoms with Crippen molar-refractivity contribution in [1.82, 2.24) is 4.90 Å². The molecule has 1 fully saturated rings. The van der Waals surface area contributed by atoms with Crippen LogP contribution in [0.1, 0.15) is 42.5 Å². The molecule has 2 N–H and O–H groups in total. The molecule has 0 aliphatic carbocycles. The molecule has 0 saturated carbocycles. The molecule has 19 heavy (non-hydrogen) atoms. The van der Waals surface area contributed by atoms with Gasteiger partial charge in [-0.3, -0.25) is 9.69 Å². The van der Waals surface area contributed by atoms with E-state index in [0.717, 1.165) is 31.5 Å². The Balaban J connectivity index is 2.09. The molecule has 1 unspecified atom stereocenters. The number of nitrogens with two attached hydrogens (primary N) is 1. The standard InChI is InChI=1S/C16H24N2O/c17-11-7-10-15(18-12-5-2-6-13-18)16(19)14-8-3-1-4-9-14/h1,3-4,8-9,15H,2,5-7,10-13,17H2. The first-order chi connectivity index (χ1) is 9.33. The van der Waals surface area contributed by atoms with E-state index in [4.69, 9.17) is 5.73 Å². The highest BCUT2D eigenvalue weighted by molar-refractivity contribution is 6.00. The van der Waals surface area contributed by atoms with Crippen molar-refractivity contribution in [2.24, 2.45) is 5.73 Å². The van der Waals surface area contributed by atoms with E-state index >= 15 is 0 Å². The summed E-state index contributed by atoms with van der Waals surface area (Å²) in [6.07, 6.45) is 5.51. The van der Waals surface area contributed by atoms with Gasteiger partial charge in [-0.25, -0.2) is 0 Å². The van der Waals surface area contributed by atoms with Crippen molar-refractivity contribution in [2.45, 2.75) is 38.1 Å². The number of hydrogen-bond donors (Lipinski definition) is 1. The number of rotatable bonds is 6. The highest BCUT2D eigenvalue weighted by Gasteiger charge is 2.27. The molecule has 1 saturated heterocycles. The van der Waals surface area contributed by atoms with E-state index in [1.165, 1.54) is 19.3 Å². The zero-order chi connectivity index (χ0) is 13.5. The fourth-order valence-corrected chi connectivity index (χ4v) is 2.82. The van der Waals surface area contributed by atoms with Crippen LogP contribution in [0.15, 0.2) is 30.3 Å². The average Bonchev–Trinajstić information content (AvgIpc) is 2.49. The third-order valence-electron chi connectivity index (χ3n) is 3.87. The van der Waals surface area contributed by atoms with Crippen molar-refractivity contribution in [3.8, 4) is 0 Å². The van der Waals surface area contributed by atoms with Crippen LogP contribution in [0, 0.1) is 0 Å². The summed E-state index contributed by atoms with van der Waals surface area (Å²) in [6.45, 7) is 2.76. The van der Waals surface area contributed by atoms with Gasteiger partial charge < -0.3 is 5.73 Å². The first kappa shape index (κ1) is 14.2. The number of carbonyl (C=O) groups is 1. The maximum absolute atomic E-state index is 12.7. The second-order valence-corrected chi connectivity index (χ2v) is 5.27. The van der Waals surface area contributed by atoms with Crippen molar-refractivity contribution >= 4 is 5.78 Å². The van der Waals surface area contributed by atoms with E-state index in [9.17, 15) is 4.79 Å². The molecule has 0 bridgehead atoms. The van der Waals surface area contributed by atoms with Crippen LogP contribution >= 0.6 is 0 Å². The molecule has 0 amide bonds. The lowest BCUT2D eigenvalue weighted by molar-refractivity contribution is 0.0766. The lowest BCUT2D eigenvalue weighted by atomic mass is 9.96. The van der Waals surface area contributed by atoms with Crippen molar-refractivity contribution in [1.29, 1.82) is 0 Å². The molecule has 1 heterocycles. The van der Waals surface area contributed by atoms with Gasteiger partial charge in [0.25, 0.3) is 0 Å². The van der Waals surface area contributed by atoms with Crippen LogP contribution in [0.25, 0.3) is 0 Å². The summed E-state index contributed by atoms with van der Waals surface area (Å²) in [5, 5.41) is 0. The molecule has 0 radical (unpaired) electrons. The van der Waals surface area contributed by atoms with Gasteiger partial charge in [-0.15, -0.1) is 0 Å². The van der Waals surface area contributed by atoms with Crippen LogP contribution in [0.2, 0.25) is 0 Å². The van der Waals surface area contributed by atoms with Crippen molar-refractivity contribution < 1.29 is 4.79 Å². The summed E-state index contributed by atoms with van der Waals surface area (Å²) < 4.78 is 0. The molecule has 3 nitrogen and oxygen atoms in total. The minimum absolute atomic E-state index is 0.0197. The Hall–Kier alpha value is -1.19. The lowest BCUT2D eigenvalue weighted by Crippen LogP contribution is -2.44. The Morgan fingerprint density at radius 2 is 1.84 bits per heavy atom. The molecular formula is C16H24N2O. The predicted octanol–water partition coefficient (Wildman–Crippen LogP) is 2.46. The molecule has 0 spiro atoms. The normalized spacial score (nSPS) is 18.2. The van der Waals surface area contributed by atoms with E-state index < -0.39 is 0 Å². The van der Waals surface area contributed by atoms with Gasteiger partial charge in [0.05, 0.1) is 6.04 Å². The van der Waals surface area contributed by atoms with Crippen LogP contribution in [0.3, 0.4) is 0 Å². The highest BCUT2D eigenvalue weighted by Crippen LogP contribution is 2.19. The van der Waals surface area contributed by atoms with Crippen molar-refractivity contribution in [2.75, 3.05) is 19.6 Å². The molecule has 1 aromatic rings.